The number of ether oxygens (including phenoxy) is 6. The SMILES string of the molecule is C.C.C.C.CCC(C)(C)C(=O)OC.CCC(C)(C)C(=O)OC1C(=O)OC2C1CC1OC(C)(C)OC12.O=C1OCC2C3CCC(C3)C12. The van der Waals surface area contributed by atoms with Gasteiger partial charge >= 0.3 is 23.9 Å². The van der Waals surface area contributed by atoms with Crippen molar-refractivity contribution in [2.45, 2.75) is 154 Å². The number of rotatable bonds is 5. The number of carbonyl (C=O) groups is 4. The van der Waals surface area contributed by atoms with Crippen LogP contribution in [0.5, 0.6) is 0 Å². The van der Waals surface area contributed by atoms with Gasteiger partial charge in [0.05, 0.1) is 36.6 Å². The van der Waals surface area contributed by atoms with Crippen molar-refractivity contribution < 1.29 is 47.6 Å². The molecule has 3 aliphatic carbocycles. The third-order valence-electron chi connectivity index (χ3n) is 10.4. The number of carbonyl (C=O) groups excluding carboxylic acids is 4. The summed E-state index contributed by atoms with van der Waals surface area (Å²) in [5.74, 6) is 0.735. The number of methoxy groups -OCH3 is 1. The molecule has 6 aliphatic rings. The highest BCUT2D eigenvalue weighted by atomic mass is 16.8. The van der Waals surface area contributed by atoms with Gasteiger partial charge in [-0.05, 0) is 91.9 Å². The molecule has 0 aromatic rings. The largest absolute Gasteiger partial charge is 0.469 e. The lowest BCUT2D eigenvalue weighted by atomic mass is 9.81. The summed E-state index contributed by atoms with van der Waals surface area (Å²) in [5.41, 5.74) is -0.920. The zero-order valence-corrected chi connectivity index (χ0v) is 26.7. The standard InChI is InChI=1S/C16H24O6.C9H12O2.C7H14O2.4CH4/c1-6-15(2,3)14(18)20-11-8-7-9-12(10(8)19-13(11)17)22-16(4,5)21-9;10-9-8-6-2-1-5(3-6)7(8)4-11-9;1-5-7(2,3)6(8)9-4;;;;/h8-12H,6-7H2,1-5H3;5-8H,1-4H2;5H2,1-4H3;4*1H4. The van der Waals surface area contributed by atoms with Gasteiger partial charge < -0.3 is 28.4 Å². The quantitative estimate of drug-likeness (QED) is 0.222. The van der Waals surface area contributed by atoms with Crippen LogP contribution < -0.4 is 0 Å². The highest BCUT2D eigenvalue weighted by molar-refractivity contribution is 5.83. The van der Waals surface area contributed by atoms with E-state index in [0.717, 1.165) is 18.9 Å². The zero-order valence-electron chi connectivity index (χ0n) is 26.7. The molecule has 3 aliphatic heterocycles. The Balaban J connectivity index is 0.000000714. The molecule has 10 nitrogen and oxygen atoms in total. The van der Waals surface area contributed by atoms with E-state index in [9.17, 15) is 19.2 Å². The lowest BCUT2D eigenvalue weighted by Crippen LogP contribution is -2.36. The molecule has 6 fully saturated rings. The maximum Gasteiger partial charge on any atom is 0.348 e. The molecule has 3 saturated carbocycles. The van der Waals surface area contributed by atoms with Gasteiger partial charge in [-0.3, -0.25) is 14.4 Å². The van der Waals surface area contributed by atoms with Gasteiger partial charge in [-0.25, -0.2) is 4.79 Å². The van der Waals surface area contributed by atoms with Crippen LogP contribution in [-0.2, 0) is 47.6 Å². The molecule has 270 valence electrons. The molecule has 0 amide bonds. The van der Waals surface area contributed by atoms with Crippen LogP contribution in [-0.4, -0.2) is 67.8 Å². The van der Waals surface area contributed by atoms with Crippen molar-refractivity contribution >= 4 is 23.9 Å². The molecule has 0 N–H and O–H groups in total. The second kappa shape index (κ2) is 16.3. The summed E-state index contributed by atoms with van der Waals surface area (Å²) in [6.45, 7) is 15.7. The van der Waals surface area contributed by atoms with E-state index >= 15 is 0 Å². The van der Waals surface area contributed by atoms with Crippen LogP contribution in [0.1, 0.15) is 124 Å². The topological polar surface area (TPSA) is 124 Å². The fraction of sp³-hybridized carbons (Fsp3) is 0.889. The minimum absolute atomic E-state index is 0. The molecule has 3 saturated heterocycles. The molecule has 0 radical (unpaired) electrons. The van der Waals surface area contributed by atoms with E-state index in [2.05, 4.69) is 4.74 Å². The summed E-state index contributed by atoms with van der Waals surface area (Å²) < 4.78 is 32.2. The van der Waals surface area contributed by atoms with Gasteiger partial charge in [0.1, 0.15) is 12.2 Å². The normalized spacial score (nSPS) is 33.6. The summed E-state index contributed by atoms with van der Waals surface area (Å²) in [6.07, 6.45) is 4.40. The van der Waals surface area contributed by atoms with Crippen LogP contribution in [0, 0.1) is 40.4 Å². The van der Waals surface area contributed by atoms with Crippen molar-refractivity contribution in [1.29, 1.82) is 0 Å². The maximum atomic E-state index is 12.2. The van der Waals surface area contributed by atoms with Crippen molar-refractivity contribution in [3.63, 3.8) is 0 Å². The predicted molar refractivity (Wildman–Crippen MR) is 178 cm³/mol. The van der Waals surface area contributed by atoms with Crippen molar-refractivity contribution in [2.24, 2.45) is 40.4 Å². The van der Waals surface area contributed by atoms with E-state index in [1.807, 2.05) is 55.4 Å². The van der Waals surface area contributed by atoms with Gasteiger partial charge in [-0.15, -0.1) is 0 Å². The molecule has 2 bridgehead atoms. The Morgan fingerprint density at radius 2 is 1.37 bits per heavy atom. The summed E-state index contributed by atoms with van der Waals surface area (Å²) in [4.78, 5) is 46.4. The first-order valence-electron chi connectivity index (χ1n) is 15.6. The van der Waals surface area contributed by atoms with Crippen LogP contribution in [0.4, 0.5) is 0 Å². The monoisotopic (exact) mass is 658 g/mol. The fourth-order valence-electron chi connectivity index (χ4n) is 7.06. The molecule has 6 rings (SSSR count). The van der Waals surface area contributed by atoms with Gasteiger partial charge in [0.15, 0.2) is 5.79 Å². The Bertz CT molecular complexity index is 1050. The van der Waals surface area contributed by atoms with Crippen molar-refractivity contribution in [3.05, 3.63) is 0 Å². The van der Waals surface area contributed by atoms with Gasteiger partial charge in [-0.2, -0.15) is 0 Å². The van der Waals surface area contributed by atoms with E-state index in [1.165, 1.54) is 26.4 Å². The number of fused-ring (bicyclic) bond motifs is 8. The summed E-state index contributed by atoms with van der Waals surface area (Å²) >= 11 is 0. The molecule has 3 heterocycles. The fourth-order valence-corrected chi connectivity index (χ4v) is 7.06. The highest BCUT2D eigenvalue weighted by Gasteiger charge is 2.63. The zero-order chi connectivity index (χ0) is 31.2. The van der Waals surface area contributed by atoms with Crippen LogP contribution in [0.2, 0.25) is 0 Å². The summed E-state index contributed by atoms with van der Waals surface area (Å²) in [5, 5.41) is 0. The average molecular weight is 659 g/mol. The first-order chi connectivity index (χ1) is 19.5. The van der Waals surface area contributed by atoms with Gasteiger partial charge in [0.2, 0.25) is 6.10 Å². The average Bonchev–Trinajstić information content (AvgIpc) is 3.77. The number of hydrogen-bond acceptors (Lipinski definition) is 10. The molecule has 9 unspecified atom stereocenters. The second-order valence-electron chi connectivity index (χ2n) is 14.4. The maximum absolute atomic E-state index is 12.2. The van der Waals surface area contributed by atoms with Crippen molar-refractivity contribution in [3.8, 4) is 0 Å². The van der Waals surface area contributed by atoms with Gasteiger partial charge in [-0.1, -0.05) is 43.6 Å². The number of hydrogen-bond donors (Lipinski definition) is 0. The Morgan fingerprint density at radius 3 is 1.89 bits per heavy atom. The molecule has 9 atom stereocenters. The van der Waals surface area contributed by atoms with Crippen LogP contribution >= 0.6 is 0 Å². The molecule has 46 heavy (non-hydrogen) atoms. The van der Waals surface area contributed by atoms with E-state index in [4.69, 9.17) is 23.7 Å². The molecular weight excluding hydrogens is 592 g/mol. The van der Waals surface area contributed by atoms with E-state index < -0.39 is 23.3 Å². The van der Waals surface area contributed by atoms with E-state index in [0.29, 0.717) is 30.6 Å². The minimum atomic E-state index is -0.843. The third-order valence-corrected chi connectivity index (χ3v) is 10.4. The molecule has 0 aromatic carbocycles. The molecule has 0 aromatic heterocycles. The lowest BCUT2D eigenvalue weighted by Gasteiger charge is -2.25. The molecular formula is C36H66O10. The van der Waals surface area contributed by atoms with Crippen molar-refractivity contribution in [1.82, 2.24) is 0 Å². The second-order valence-corrected chi connectivity index (χ2v) is 14.4. The Hall–Kier alpha value is -2.20. The molecule has 10 heteroatoms. The number of esters is 4. The first-order valence-corrected chi connectivity index (χ1v) is 15.6. The predicted octanol–water partition coefficient (Wildman–Crippen LogP) is 7.15. The van der Waals surface area contributed by atoms with Gasteiger partial charge in [0, 0.05) is 11.8 Å². The van der Waals surface area contributed by atoms with E-state index in [1.54, 1.807) is 0 Å². The Labute approximate surface area is 279 Å². The summed E-state index contributed by atoms with van der Waals surface area (Å²) in [6, 6.07) is 0. The van der Waals surface area contributed by atoms with Crippen LogP contribution in [0.15, 0.2) is 0 Å². The summed E-state index contributed by atoms with van der Waals surface area (Å²) in [7, 11) is 1.42. The van der Waals surface area contributed by atoms with Gasteiger partial charge in [0.25, 0.3) is 0 Å². The lowest BCUT2D eigenvalue weighted by molar-refractivity contribution is -0.170. The van der Waals surface area contributed by atoms with Crippen molar-refractivity contribution in [2.75, 3.05) is 13.7 Å². The first kappa shape index (κ1) is 43.8. The molecule has 0 spiro atoms. The third kappa shape index (κ3) is 8.63. The minimum Gasteiger partial charge on any atom is -0.469 e. The van der Waals surface area contributed by atoms with E-state index in [-0.39, 0.29) is 77.3 Å². The van der Waals surface area contributed by atoms with Crippen LogP contribution in [0.25, 0.3) is 0 Å². The number of cyclic esters (lactones) is 1. The Morgan fingerprint density at radius 1 is 0.804 bits per heavy atom. The van der Waals surface area contributed by atoms with Crippen LogP contribution in [0.3, 0.4) is 0 Å². The highest BCUT2D eigenvalue weighted by Crippen LogP contribution is 2.55. The smallest absolute Gasteiger partial charge is 0.348 e. The Kier molecular flexibility index (Phi) is 15.5.